The van der Waals surface area contributed by atoms with Gasteiger partial charge in [-0.05, 0) is 24.3 Å². The molecular weight excluding hydrogens is 268 g/mol. The molecule has 0 fully saturated rings. The zero-order valence-corrected chi connectivity index (χ0v) is 11.4. The van der Waals surface area contributed by atoms with E-state index in [9.17, 15) is 0 Å². The predicted octanol–water partition coefficient (Wildman–Crippen LogP) is 2.72. The molecule has 2 rings (SSSR count). The van der Waals surface area contributed by atoms with Gasteiger partial charge in [0.1, 0.15) is 11.7 Å². The van der Waals surface area contributed by atoms with Crippen molar-refractivity contribution in [1.82, 2.24) is 4.98 Å². The molecule has 18 heavy (non-hydrogen) atoms. The zero-order valence-electron chi connectivity index (χ0n) is 9.85. The SMILES string of the molecule is CN(Cc1ccc(Cl)s1)c1ccc(C(=N)N)cn1. The molecule has 0 unspecified atom stereocenters. The summed E-state index contributed by atoms with van der Waals surface area (Å²) in [4.78, 5) is 7.48. The molecule has 0 radical (unpaired) electrons. The van der Waals surface area contributed by atoms with Gasteiger partial charge in [0, 0.05) is 23.7 Å². The van der Waals surface area contributed by atoms with Crippen LogP contribution in [-0.2, 0) is 6.54 Å². The monoisotopic (exact) mass is 280 g/mol. The van der Waals surface area contributed by atoms with Crippen LogP contribution in [-0.4, -0.2) is 17.9 Å². The molecule has 4 nitrogen and oxygen atoms in total. The average Bonchev–Trinajstić information content (AvgIpc) is 2.75. The van der Waals surface area contributed by atoms with E-state index in [0.717, 1.165) is 16.7 Å². The Hall–Kier alpha value is -1.59. The summed E-state index contributed by atoms with van der Waals surface area (Å²) < 4.78 is 0.790. The van der Waals surface area contributed by atoms with Crippen molar-refractivity contribution in [2.75, 3.05) is 11.9 Å². The second-order valence-corrected chi connectivity index (χ2v) is 5.68. The Labute approximate surface area is 115 Å². The number of hydrogen-bond donors (Lipinski definition) is 2. The second kappa shape index (κ2) is 5.37. The first-order chi connectivity index (χ1) is 8.56. The maximum Gasteiger partial charge on any atom is 0.128 e. The zero-order chi connectivity index (χ0) is 13.1. The summed E-state index contributed by atoms with van der Waals surface area (Å²) in [5, 5.41) is 7.31. The number of rotatable bonds is 4. The number of halogens is 1. The third-order valence-corrected chi connectivity index (χ3v) is 3.69. The first-order valence-electron chi connectivity index (χ1n) is 5.32. The third kappa shape index (κ3) is 3.00. The molecular formula is C12H13ClN4S. The van der Waals surface area contributed by atoms with E-state index >= 15 is 0 Å². The highest BCUT2D eigenvalue weighted by molar-refractivity contribution is 7.16. The van der Waals surface area contributed by atoms with Crippen LogP contribution < -0.4 is 10.6 Å². The average molecular weight is 281 g/mol. The molecule has 0 spiro atoms. The molecule has 0 saturated carbocycles. The van der Waals surface area contributed by atoms with Crippen molar-refractivity contribution < 1.29 is 0 Å². The molecule has 2 aromatic heterocycles. The predicted molar refractivity (Wildman–Crippen MR) is 76.7 cm³/mol. The minimum atomic E-state index is 0.0294. The summed E-state index contributed by atoms with van der Waals surface area (Å²) in [6, 6.07) is 7.55. The van der Waals surface area contributed by atoms with Crippen molar-refractivity contribution in [1.29, 1.82) is 5.41 Å². The molecule has 0 bridgehead atoms. The van der Waals surface area contributed by atoms with E-state index in [4.69, 9.17) is 22.7 Å². The maximum atomic E-state index is 7.31. The molecule has 3 N–H and O–H groups in total. The first kappa shape index (κ1) is 12.9. The molecule has 0 aliphatic rings. The maximum absolute atomic E-state index is 7.31. The van der Waals surface area contributed by atoms with Crippen LogP contribution in [0.25, 0.3) is 0 Å². The quantitative estimate of drug-likeness (QED) is 0.668. The van der Waals surface area contributed by atoms with Crippen LogP contribution in [0.1, 0.15) is 10.4 Å². The van der Waals surface area contributed by atoms with Gasteiger partial charge >= 0.3 is 0 Å². The van der Waals surface area contributed by atoms with Crippen LogP contribution in [0.4, 0.5) is 5.82 Å². The van der Waals surface area contributed by atoms with Crippen molar-refractivity contribution in [3.05, 3.63) is 45.2 Å². The van der Waals surface area contributed by atoms with E-state index in [-0.39, 0.29) is 5.84 Å². The summed E-state index contributed by atoms with van der Waals surface area (Å²) >= 11 is 7.45. The molecule has 0 saturated heterocycles. The van der Waals surface area contributed by atoms with Gasteiger partial charge in [0.25, 0.3) is 0 Å². The van der Waals surface area contributed by atoms with Crippen LogP contribution in [0.15, 0.2) is 30.5 Å². The van der Waals surface area contributed by atoms with Crippen LogP contribution in [0.5, 0.6) is 0 Å². The van der Waals surface area contributed by atoms with E-state index in [1.165, 1.54) is 4.88 Å². The van der Waals surface area contributed by atoms with Crippen molar-refractivity contribution in [2.24, 2.45) is 5.73 Å². The number of hydrogen-bond acceptors (Lipinski definition) is 4. The lowest BCUT2D eigenvalue weighted by Gasteiger charge is -2.17. The smallest absolute Gasteiger partial charge is 0.128 e. The number of pyridine rings is 1. The van der Waals surface area contributed by atoms with Crippen LogP contribution in [0, 0.1) is 5.41 Å². The van der Waals surface area contributed by atoms with Crippen LogP contribution >= 0.6 is 22.9 Å². The lowest BCUT2D eigenvalue weighted by atomic mass is 10.2. The van der Waals surface area contributed by atoms with Crippen molar-refractivity contribution in [3.8, 4) is 0 Å². The Morgan fingerprint density at radius 3 is 2.72 bits per heavy atom. The van der Waals surface area contributed by atoms with Gasteiger partial charge < -0.3 is 10.6 Å². The number of nitrogens with zero attached hydrogens (tertiary/aromatic N) is 2. The number of aromatic nitrogens is 1. The highest BCUT2D eigenvalue weighted by Crippen LogP contribution is 2.23. The summed E-state index contributed by atoms with van der Waals surface area (Å²) in [5.74, 6) is 0.867. The lowest BCUT2D eigenvalue weighted by molar-refractivity contribution is 0.912. The second-order valence-electron chi connectivity index (χ2n) is 3.88. The lowest BCUT2D eigenvalue weighted by Crippen LogP contribution is -2.18. The molecule has 0 aliphatic carbocycles. The standard InChI is InChI=1S/C12H13ClN4S/c1-17(7-9-3-4-10(13)18-9)11-5-2-8(6-16-11)12(14)15/h2-6H,7H2,1H3,(H3,14,15). The Bertz CT molecular complexity index is 549. The highest BCUT2D eigenvalue weighted by Gasteiger charge is 2.06. The minimum absolute atomic E-state index is 0.0294. The summed E-state index contributed by atoms with van der Waals surface area (Å²) in [6.45, 7) is 0.754. The molecule has 6 heteroatoms. The van der Waals surface area contributed by atoms with Gasteiger partial charge in [0.05, 0.1) is 10.9 Å². The van der Waals surface area contributed by atoms with Gasteiger partial charge in [-0.2, -0.15) is 0 Å². The number of nitrogens with two attached hydrogens (primary N) is 1. The Kier molecular flexibility index (Phi) is 3.84. The van der Waals surface area contributed by atoms with E-state index in [0.29, 0.717) is 5.56 Å². The van der Waals surface area contributed by atoms with Gasteiger partial charge in [0.2, 0.25) is 0 Å². The van der Waals surface area contributed by atoms with Crippen LogP contribution in [0.3, 0.4) is 0 Å². The summed E-state index contributed by atoms with van der Waals surface area (Å²) in [5.41, 5.74) is 6.01. The fourth-order valence-electron chi connectivity index (χ4n) is 1.52. The van der Waals surface area contributed by atoms with Gasteiger partial charge in [-0.1, -0.05) is 11.6 Å². The molecule has 2 aromatic rings. The van der Waals surface area contributed by atoms with E-state index < -0.39 is 0 Å². The first-order valence-corrected chi connectivity index (χ1v) is 6.51. The molecule has 0 aromatic carbocycles. The number of thiophene rings is 1. The Morgan fingerprint density at radius 1 is 1.44 bits per heavy atom. The van der Waals surface area contributed by atoms with Crippen LogP contribution in [0.2, 0.25) is 4.34 Å². The van der Waals surface area contributed by atoms with Gasteiger partial charge in [-0.25, -0.2) is 4.98 Å². The van der Waals surface area contributed by atoms with Gasteiger partial charge in [0.15, 0.2) is 0 Å². The van der Waals surface area contributed by atoms with E-state index in [1.54, 1.807) is 23.6 Å². The normalized spacial score (nSPS) is 10.3. The number of nitrogen functional groups attached to an aromatic ring is 1. The van der Waals surface area contributed by atoms with Crippen molar-refractivity contribution in [3.63, 3.8) is 0 Å². The topological polar surface area (TPSA) is 66.0 Å². The fourth-order valence-corrected chi connectivity index (χ4v) is 2.66. The summed E-state index contributed by atoms with van der Waals surface area (Å²) in [7, 11) is 1.96. The number of anilines is 1. The van der Waals surface area contributed by atoms with Crippen molar-refractivity contribution >= 4 is 34.6 Å². The number of amidine groups is 1. The molecule has 0 amide bonds. The minimum Gasteiger partial charge on any atom is -0.384 e. The fraction of sp³-hybridized carbons (Fsp3) is 0.167. The Balaban J connectivity index is 2.09. The van der Waals surface area contributed by atoms with Crippen molar-refractivity contribution in [2.45, 2.75) is 6.54 Å². The van der Waals surface area contributed by atoms with E-state index in [2.05, 4.69) is 4.98 Å². The largest absolute Gasteiger partial charge is 0.384 e. The van der Waals surface area contributed by atoms with E-state index in [1.807, 2.05) is 30.1 Å². The highest BCUT2D eigenvalue weighted by atomic mass is 35.5. The van der Waals surface area contributed by atoms with Gasteiger partial charge in [-0.15, -0.1) is 11.3 Å². The Morgan fingerprint density at radius 2 is 2.22 bits per heavy atom. The molecule has 0 aliphatic heterocycles. The summed E-state index contributed by atoms with van der Waals surface area (Å²) in [6.07, 6.45) is 1.61. The molecule has 94 valence electrons. The van der Waals surface area contributed by atoms with Gasteiger partial charge in [-0.3, -0.25) is 5.41 Å². The molecule has 2 heterocycles. The third-order valence-electron chi connectivity index (χ3n) is 2.47. The molecule has 0 atom stereocenters. The number of nitrogens with one attached hydrogen (secondary N) is 1.